The zero-order chi connectivity index (χ0) is 17.6. The molecule has 5 heteroatoms. The largest absolute Gasteiger partial charge is 0.497 e. The third-order valence-electron chi connectivity index (χ3n) is 5.04. The second-order valence-electron chi connectivity index (χ2n) is 6.27. The van der Waals surface area contributed by atoms with Gasteiger partial charge in [-0.2, -0.15) is 5.26 Å². The number of methoxy groups -OCH3 is 1. The van der Waals surface area contributed by atoms with Crippen molar-refractivity contribution >= 4 is 5.91 Å². The molecule has 24 heavy (non-hydrogen) atoms. The summed E-state index contributed by atoms with van der Waals surface area (Å²) < 4.78 is 5.33. The first-order valence-corrected chi connectivity index (χ1v) is 8.67. The number of ether oxygens (including phenoxy) is 1. The van der Waals surface area contributed by atoms with Crippen molar-refractivity contribution in [3.05, 3.63) is 29.8 Å². The van der Waals surface area contributed by atoms with Crippen molar-refractivity contribution in [3.63, 3.8) is 0 Å². The van der Waals surface area contributed by atoms with Gasteiger partial charge in [-0.15, -0.1) is 0 Å². The van der Waals surface area contributed by atoms with E-state index in [2.05, 4.69) is 36.2 Å². The molecule has 0 aliphatic heterocycles. The summed E-state index contributed by atoms with van der Waals surface area (Å²) >= 11 is 0. The quantitative estimate of drug-likeness (QED) is 0.796. The molecular weight excluding hydrogens is 302 g/mol. The maximum atomic E-state index is 12.5. The number of likely N-dealkylation sites (N-methyl/N-ethyl adjacent to an activating group) is 1. The molecule has 0 aromatic heterocycles. The van der Waals surface area contributed by atoms with Gasteiger partial charge in [0.15, 0.2) is 0 Å². The molecule has 1 N–H and O–H groups in total. The van der Waals surface area contributed by atoms with E-state index >= 15 is 0 Å². The average Bonchev–Trinajstić information content (AvgIpc) is 2.58. The highest BCUT2D eigenvalue weighted by atomic mass is 16.5. The minimum absolute atomic E-state index is 0.0647. The van der Waals surface area contributed by atoms with Crippen LogP contribution in [0.4, 0.5) is 0 Å². The number of carbonyl (C=O) groups excluding carboxylic acids is 1. The van der Waals surface area contributed by atoms with E-state index in [-0.39, 0.29) is 11.9 Å². The van der Waals surface area contributed by atoms with Crippen molar-refractivity contribution < 1.29 is 9.53 Å². The molecule has 0 bridgehead atoms. The van der Waals surface area contributed by atoms with E-state index in [1.54, 1.807) is 7.11 Å². The fraction of sp³-hybridized carbons (Fsp3) is 0.579. The summed E-state index contributed by atoms with van der Waals surface area (Å²) in [5, 5.41) is 12.3. The number of benzene rings is 1. The van der Waals surface area contributed by atoms with Crippen molar-refractivity contribution in [1.29, 1.82) is 5.26 Å². The molecule has 0 radical (unpaired) electrons. The van der Waals surface area contributed by atoms with Crippen LogP contribution < -0.4 is 10.1 Å². The molecule has 2 rings (SSSR count). The first-order chi connectivity index (χ1) is 11.6. The number of nitrogens with one attached hydrogen (secondary N) is 1. The first-order valence-electron chi connectivity index (χ1n) is 8.67. The van der Waals surface area contributed by atoms with Gasteiger partial charge in [-0.1, -0.05) is 26.0 Å². The number of hydrogen-bond donors (Lipinski definition) is 1. The number of nitriles is 1. The van der Waals surface area contributed by atoms with Gasteiger partial charge in [0.25, 0.3) is 0 Å². The number of rotatable bonds is 8. The summed E-state index contributed by atoms with van der Waals surface area (Å²) in [4.78, 5) is 14.8. The lowest BCUT2D eigenvalue weighted by Gasteiger charge is -2.35. The zero-order valence-corrected chi connectivity index (χ0v) is 14.8. The van der Waals surface area contributed by atoms with Gasteiger partial charge in [-0.3, -0.25) is 9.69 Å². The smallest absolute Gasteiger partial charge is 0.240 e. The van der Waals surface area contributed by atoms with Gasteiger partial charge in [-0.05, 0) is 50.0 Å². The van der Waals surface area contributed by atoms with Crippen LogP contribution in [-0.4, -0.2) is 37.6 Å². The lowest BCUT2D eigenvalue weighted by atomic mass is 9.69. The molecule has 1 aromatic rings. The fourth-order valence-corrected chi connectivity index (χ4v) is 3.25. The molecule has 0 heterocycles. The minimum Gasteiger partial charge on any atom is -0.497 e. The molecule has 1 atom stereocenters. The third kappa shape index (κ3) is 3.70. The maximum absolute atomic E-state index is 12.5. The lowest BCUT2D eigenvalue weighted by Crippen LogP contribution is -2.47. The standard InChI is InChI=1S/C19H27N3O2/c1-4-22(5-2)17(15-8-6-9-16(12-15)24-3)13-21-18(23)19(14-20)10-7-11-19/h6,8-9,12,17H,4-5,7,10-11,13H2,1-3H3,(H,21,23). The van der Waals surface area contributed by atoms with Crippen LogP contribution in [0.15, 0.2) is 24.3 Å². The molecule has 130 valence electrons. The third-order valence-corrected chi connectivity index (χ3v) is 5.04. The Labute approximate surface area is 144 Å². The summed E-state index contributed by atoms with van der Waals surface area (Å²) in [7, 11) is 1.65. The topological polar surface area (TPSA) is 65.4 Å². The second kappa shape index (κ2) is 8.16. The van der Waals surface area contributed by atoms with E-state index in [1.807, 2.05) is 18.2 Å². The monoisotopic (exact) mass is 329 g/mol. The Morgan fingerprint density at radius 2 is 2.12 bits per heavy atom. The van der Waals surface area contributed by atoms with E-state index in [0.29, 0.717) is 19.4 Å². The SMILES string of the molecule is CCN(CC)C(CNC(=O)C1(C#N)CCC1)c1cccc(OC)c1. The molecule has 5 nitrogen and oxygen atoms in total. The molecular formula is C19H27N3O2. The van der Waals surface area contributed by atoms with Gasteiger partial charge in [0, 0.05) is 6.54 Å². The molecule has 1 fully saturated rings. The summed E-state index contributed by atoms with van der Waals surface area (Å²) in [6.07, 6.45) is 2.30. The average molecular weight is 329 g/mol. The Morgan fingerprint density at radius 1 is 1.42 bits per heavy atom. The highest BCUT2D eigenvalue weighted by molar-refractivity contribution is 5.86. The van der Waals surface area contributed by atoms with E-state index in [0.717, 1.165) is 30.8 Å². The van der Waals surface area contributed by atoms with Crippen LogP contribution in [0.3, 0.4) is 0 Å². The van der Waals surface area contributed by atoms with Crippen molar-refractivity contribution in [1.82, 2.24) is 10.2 Å². The normalized spacial score (nSPS) is 16.8. The van der Waals surface area contributed by atoms with Crippen molar-refractivity contribution in [2.24, 2.45) is 5.41 Å². The molecule has 1 aliphatic carbocycles. The van der Waals surface area contributed by atoms with E-state index < -0.39 is 5.41 Å². The Hall–Kier alpha value is -2.06. The van der Waals surface area contributed by atoms with Gasteiger partial charge in [0.2, 0.25) is 5.91 Å². The molecule has 0 spiro atoms. The number of nitrogens with zero attached hydrogens (tertiary/aromatic N) is 2. The molecule has 1 aliphatic rings. The van der Waals surface area contributed by atoms with Crippen LogP contribution >= 0.6 is 0 Å². The second-order valence-corrected chi connectivity index (χ2v) is 6.27. The van der Waals surface area contributed by atoms with Crippen molar-refractivity contribution in [2.75, 3.05) is 26.7 Å². The number of hydrogen-bond acceptors (Lipinski definition) is 4. The lowest BCUT2D eigenvalue weighted by molar-refractivity contribution is -0.132. The van der Waals surface area contributed by atoms with Crippen molar-refractivity contribution in [2.45, 2.75) is 39.2 Å². The Kier molecular flexibility index (Phi) is 6.22. The van der Waals surface area contributed by atoms with Gasteiger partial charge in [0.05, 0.1) is 19.2 Å². The van der Waals surface area contributed by atoms with Crippen LogP contribution in [0.1, 0.15) is 44.7 Å². The number of carbonyl (C=O) groups is 1. The van der Waals surface area contributed by atoms with Gasteiger partial charge in [0.1, 0.15) is 11.2 Å². The van der Waals surface area contributed by atoms with Crippen LogP contribution in [0, 0.1) is 16.7 Å². The minimum atomic E-state index is -0.803. The molecule has 1 saturated carbocycles. The van der Waals surface area contributed by atoms with Gasteiger partial charge >= 0.3 is 0 Å². The Bertz CT molecular complexity index is 601. The molecule has 1 amide bonds. The van der Waals surface area contributed by atoms with Gasteiger partial charge in [-0.25, -0.2) is 0 Å². The fourth-order valence-electron chi connectivity index (χ4n) is 3.25. The van der Waals surface area contributed by atoms with Crippen LogP contribution in [0.25, 0.3) is 0 Å². The summed E-state index contributed by atoms with van der Waals surface area (Å²) in [5.41, 5.74) is 0.306. The first kappa shape index (κ1) is 18.3. The molecule has 1 unspecified atom stereocenters. The number of amides is 1. The maximum Gasteiger partial charge on any atom is 0.240 e. The molecule has 0 saturated heterocycles. The van der Waals surface area contributed by atoms with Crippen LogP contribution in [0.2, 0.25) is 0 Å². The van der Waals surface area contributed by atoms with E-state index in [4.69, 9.17) is 4.74 Å². The predicted molar refractivity (Wildman–Crippen MR) is 93.6 cm³/mol. The van der Waals surface area contributed by atoms with Gasteiger partial charge < -0.3 is 10.1 Å². The summed E-state index contributed by atoms with van der Waals surface area (Å²) in [5.74, 6) is 0.680. The van der Waals surface area contributed by atoms with Crippen LogP contribution in [0.5, 0.6) is 5.75 Å². The van der Waals surface area contributed by atoms with E-state index in [1.165, 1.54) is 0 Å². The van der Waals surface area contributed by atoms with Crippen molar-refractivity contribution in [3.8, 4) is 11.8 Å². The predicted octanol–water partition coefficient (Wildman–Crippen LogP) is 2.89. The highest BCUT2D eigenvalue weighted by Crippen LogP contribution is 2.40. The highest BCUT2D eigenvalue weighted by Gasteiger charge is 2.44. The van der Waals surface area contributed by atoms with E-state index in [9.17, 15) is 10.1 Å². The molecule has 1 aromatic carbocycles. The Morgan fingerprint density at radius 3 is 2.62 bits per heavy atom. The Balaban J connectivity index is 2.14. The zero-order valence-electron chi connectivity index (χ0n) is 14.8. The van der Waals surface area contributed by atoms with Crippen LogP contribution in [-0.2, 0) is 4.79 Å². The summed E-state index contributed by atoms with van der Waals surface area (Å²) in [6.45, 7) is 6.49. The summed E-state index contributed by atoms with van der Waals surface area (Å²) in [6, 6.07) is 10.2.